The fourth-order valence-electron chi connectivity index (χ4n) is 1.93. The van der Waals surface area contributed by atoms with Crippen molar-refractivity contribution in [3.8, 4) is 5.75 Å². The van der Waals surface area contributed by atoms with Gasteiger partial charge in [0.2, 0.25) is 5.91 Å². The lowest BCUT2D eigenvalue weighted by Gasteiger charge is -2.17. The lowest BCUT2D eigenvalue weighted by molar-refractivity contribution is -0.139. The second kappa shape index (κ2) is 8.78. The molecule has 1 aromatic carbocycles. The molecule has 0 aliphatic carbocycles. The van der Waals surface area contributed by atoms with Gasteiger partial charge in [-0.2, -0.15) is 4.98 Å². The highest BCUT2D eigenvalue weighted by atomic mass is 16.5. The number of aryl methyl sites for hydroxylation is 1. The van der Waals surface area contributed by atoms with Crippen molar-refractivity contribution in [2.75, 3.05) is 20.3 Å². The van der Waals surface area contributed by atoms with Gasteiger partial charge in [0.25, 0.3) is 5.89 Å². The molecule has 0 aliphatic rings. The van der Waals surface area contributed by atoms with Gasteiger partial charge in [-0.25, -0.2) is 4.79 Å². The van der Waals surface area contributed by atoms with Crippen molar-refractivity contribution in [3.05, 3.63) is 41.5 Å². The van der Waals surface area contributed by atoms with Crippen molar-refractivity contribution in [2.24, 2.45) is 0 Å². The van der Waals surface area contributed by atoms with E-state index in [2.05, 4.69) is 10.1 Å². The number of likely N-dealkylation sites (N-methyl/N-ethyl adjacent to an activating group) is 1. The van der Waals surface area contributed by atoms with Crippen LogP contribution in [0.2, 0.25) is 0 Å². The zero-order chi connectivity index (χ0) is 18.2. The lowest BCUT2D eigenvalue weighted by atomic mass is 10.2. The van der Waals surface area contributed by atoms with Gasteiger partial charge in [0.1, 0.15) is 19.0 Å². The monoisotopic (exact) mass is 349 g/mol. The Bertz CT molecular complexity index is 713. The summed E-state index contributed by atoms with van der Waals surface area (Å²) in [5.74, 6) is 0.0635. The van der Waals surface area contributed by atoms with E-state index in [9.17, 15) is 9.59 Å². The van der Waals surface area contributed by atoms with Crippen LogP contribution < -0.4 is 4.74 Å². The molecule has 1 amide bonds. The fourth-order valence-corrected chi connectivity index (χ4v) is 1.93. The van der Waals surface area contributed by atoms with Crippen LogP contribution in [0.1, 0.15) is 17.3 Å². The average molecular weight is 349 g/mol. The minimum absolute atomic E-state index is 0.0794. The molecule has 0 fully saturated rings. The molecule has 2 aromatic rings. The summed E-state index contributed by atoms with van der Waals surface area (Å²) in [5.41, 5.74) is 0.881. The van der Waals surface area contributed by atoms with Gasteiger partial charge in [0.05, 0.1) is 0 Å². The average Bonchev–Trinajstić information content (AvgIpc) is 2.99. The SMILES string of the molecule is Cc1noc(COCC(=O)N(C)Cc2ccc(OCC(=O)O)cc2)n1. The van der Waals surface area contributed by atoms with Gasteiger partial charge in [0, 0.05) is 13.6 Å². The summed E-state index contributed by atoms with van der Waals surface area (Å²) in [6.45, 7) is 1.67. The Kier molecular flexibility index (Phi) is 6.47. The predicted octanol–water partition coefficient (Wildman–Crippen LogP) is 1.02. The first-order chi connectivity index (χ1) is 11.9. The Morgan fingerprint density at radius 1 is 1.24 bits per heavy atom. The van der Waals surface area contributed by atoms with Crippen LogP contribution >= 0.6 is 0 Å². The molecule has 0 saturated carbocycles. The number of carboxylic acid groups (broad SMARTS) is 1. The summed E-state index contributed by atoms with van der Waals surface area (Å²) in [7, 11) is 1.66. The number of ether oxygens (including phenoxy) is 2. The highest BCUT2D eigenvalue weighted by Gasteiger charge is 2.11. The smallest absolute Gasteiger partial charge is 0.341 e. The van der Waals surface area contributed by atoms with Gasteiger partial charge in [-0.3, -0.25) is 4.79 Å². The molecule has 9 nitrogen and oxygen atoms in total. The maximum atomic E-state index is 12.0. The maximum absolute atomic E-state index is 12.0. The molecule has 9 heteroatoms. The van der Waals surface area contributed by atoms with Crippen molar-refractivity contribution >= 4 is 11.9 Å². The van der Waals surface area contributed by atoms with Crippen LogP contribution in [0.15, 0.2) is 28.8 Å². The van der Waals surface area contributed by atoms with E-state index in [1.807, 2.05) is 0 Å². The summed E-state index contributed by atoms with van der Waals surface area (Å²) >= 11 is 0. The molecule has 25 heavy (non-hydrogen) atoms. The molecular weight excluding hydrogens is 330 g/mol. The zero-order valence-electron chi connectivity index (χ0n) is 14.0. The third-order valence-corrected chi connectivity index (χ3v) is 3.15. The quantitative estimate of drug-likeness (QED) is 0.713. The summed E-state index contributed by atoms with van der Waals surface area (Å²) < 4.78 is 15.2. The van der Waals surface area contributed by atoms with Crippen LogP contribution in [0.25, 0.3) is 0 Å². The van der Waals surface area contributed by atoms with Crippen LogP contribution in [0.3, 0.4) is 0 Å². The number of aromatic nitrogens is 2. The molecule has 0 aliphatic heterocycles. The number of nitrogens with zero attached hydrogens (tertiary/aromatic N) is 3. The maximum Gasteiger partial charge on any atom is 0.341 e. The van der Waals surface area contributed by atoms with E-state index < -0.39 is 12.6 Å². The number of carbonyl (C=O) groups is 2. The third-order valence-electron chi connectivity index (χ3n) is 3.15. The first-order valence-electron chi connectivity index (χ1n) is 7.48. The Labute approximate surface area is 144 Å². The normalized spacial score (nSPS) is 10.5. The number of hydrogen-bond donors (Lipinski definition) is 1. The van der Waals surface area contributed by atoms with Gasteiger partial charge in [0.15, 0.2) is 12.4 Å². The van der Waals surface area contributed by atoms with Crippen LogP contribution in [0, 0.1) is 6.92 Å². The highest BCUT2D eigenvalue weighted by Crippen LogP contribution is 2.13. The first kappa shape index (κ1) is 18.4. The van der Waals surface area contributed by atoms with Crippen LogP contribution in [-0.4, -0.2) is 52.3 Å². The second-order valence-corrected chi connectivity index (χ2v) is 5.30. The largest absolute Gasteiger partial charge is 0.482 e. The molecule has 1 N–H and O–H groups in total. The fraction of sp³-hybridized carbons (Fsp3) is 0.375. The van der Waals surface area contributed by atoms with Gasteiger partial charge >= 0.3 is 5.97 Å². The molecule has 0 bridgehead atoms. The van der Waals surface area contributed by atoms with Crippen molar-refractivity contribution in [1.82, 2.24) is 15.0 Å². The first-order valence-corrected chi connectivity index (χ1v) is 7.48. The molecule has 0 radical (unpaired) electrons. The van der Waals surface area contributed by atoms with Crippen molar-refractivity contribution in [3.63, 3.8) is 0 Å². The van der Waals surface area contributed by atoms with E-state index in [-0.39, 0.29) is 19.1 Å². The van der Waals surface area contributed by atoms with E-state index in [1.165, 1.54) is 4.90 Å². The van der Waals surface area contributed by atoms with E-state index in [0.29, 0.717) is 24.0 Å². The molecule has 2 rings (SSSR count). The molecule has 0 saturated heterocycles. The number of carboxylic acids is 1. The molecule has 1 aromatic heterocycles. The second-order valence-electron chi connectivity index (χ2n) is 5.30. The van der Waals surface area contributed by atoms with Gasteiger partial charge < -0.3 is 24.0 Å². The third kappa shape index (κ3) is 6.22. The number of amides is 1. The van der Waals surface area contributed by atoms with E-state index >= 15 is 0 Å². The topological polar surface area (TPSA) is 115 Å². The minimum Gasteiger partial charge on any atom is -0.482 e. The van der Waals surface area contributed by atoms with Gasteiger partial charge in [-0.05, 0) is 24.6 Å². The number of hydrogen-bond acceptors (Lipinski definition) is 7. The van der Waals surface area contributed by atoms with Crippen molar-refractivity contribution in [1.29, 1.82) is 0 Å². The number of aliphatic carboxylic acids is 1. The number of rotatable bonds is 9. The van der Waals surface area contributed by atoms with Crippen LogP contribution in [-0.2, 0) is 27.5 Å². The highest BCUT2D eigenvalue weighted by molar-refractivity contribution is 5.77. The molecule has 1 heterocycles. The lowest BCUT2D eigenvalue weighted by Crippen LogP contribution is -2.29. The van der Waals surface area contributed by atoms with Crippen LogP contribution in [0.4, 0.5) is 0 Å². The van der Waals surface area contributed by atoms with Gasteiger partial charge in [-0.15, -0.1) is 0 Å². The Morgan fingerprint density at radius 2 is 1.96 bits per heavy atom. The molecule has 134 valence electrons. The van der Waals surface area contributed by atoms with E-state index in [4.69, 9.17) is 19.1 Å². The zero-order valence-corrected chi connectivity index (χ0v) is 14.0. The Hall–Kier alpha value is -2.94. The van der Waals surface area contributed by atoms with Crippen molar-refractivity contribution in [2.45, 2.75) is 20.1 Å². The standard InChI is InChI=1S/C16H19N3O6/c1-11-17-14(25-18-11)8-23-9-15(20)19(2)7-12-3-5-13(6-4-12)24-10-16(21)22/h3-6H,7-10H2,1-2H3,(H,21,22). The van der Waals surface area contributed by atoms with Gasteiger partial charge in [-0.1, -0.05) is 17.3 Å². The Balaban J connectivity index is 1.75. The van der Waals surface area contributed by atoms with Crippen LogP contribution in [0.5, 0.6) is 5.75 Å². The van der Waals surface area contributed by atoms with E-state index in [0.717, 1.165) is 5.56 Å². The molecule has 0 spiro atoms. The number of carbonyl (C=O) groups excluding carboxylic acids is 1. The van der Waals surface area contributed by atoms with E-state index in [1.54, 1.807) is 38.2 Å². The molecule has 0 atom stereocenters. The molecule has 0 unspecified atom stereocenters. The predicted molar refractivity (Wildman–Crippen MR) is 84.7 cm³/mol. The molecular formula is C16H19N3O6. The summed E-state index contributed by atoms with van der Waals surface area (Å²) in [6, 6.07) is 6.85. The van der Waals surface area contributed by atoms with Crippen molar-refractivity contribution < 1.29 is 28.7 Å². The minimum atomic E-state index is -1.04. The Morgan fingerprint density at radius 3 is 2.56 bits per heavy atom. The summed E-state index contributed by atoms with van der Waals surface area (Å²) in [4.78, 5) is 28.0. The number of benzene rings is 1. The summed E-state index contributed by atoms with van der Waals surface area (Å²) in [5, 5.41) is 12.2. The summed E-state index contributed by atoms with van der Waals surface area (Å²) in [6.07, 6.45) is 0.